The maximum Gasteiger partial charge on any atom is 0.397 e. The molecule has 5 heterocycles. The lowest BCUT2D eigenvalue weighted by molar-refractivity contribution is -0.393. The summed E-state index contributed by atoms with van der Waals surface area (Å²) in [4.78, 5) is 13.7. The van der Waals surface area contributed by atoms with Gasteiger partial charge in [0.2, 0.25) is 0 Å². The fraction of sp³-hybridized carbons (Fsp3) is 0.952. The Kier molecular flexibility index (Phi) is 23.5. The van der Waals surface area contributed by atoms with E-state index in [0.717, 1.165) is 5.57 Å². The first kappa shape index (κ1) is 73.6. The van der Waals surface area contributed by atoms with Crippen molar-refractivity contribution in [1.29, 1.82) is 0 Å². The summed E-state index contributed by atoms with van der Waals surface area (Å²) in [5.74, 6) is -3.52. The summed E-state index contributed by atoms with van der Waals surface area (Å²) < 4.78 is 103. The lowest BCUT2D eigenvalue weighted by Crippen LogP contribution is -2.66. The molecule has 0 amide bonds. The molecular weight excluding hydrogens is 1220 g/mol. The maximum atomic E-state index is 13.7. The largest absolute Gasteiger partial charge is 0.397 e. The summed E-state index contributed by atoms with van der Waals surface area (Å²) in [5.41, 5.74) is -1.42. The van der Waals surface area contributed by atoms with E-state index in [4.69, 9.17) is 51.6 Å². The highest BCUT2D eigenvalue weighted by molar-refractivity contribution is 7.80. The van der Waals surface area contributed by atoms with Crippen molar-refractivity contribution in [3.63, 3.8) is 0 Å². The van der Waals surface area contributed by atoms with Crippen LogP contribution in [0.4, 0.5) is 0 Å². The Morgan fingerprint density at radius 1 is 0.615 bits per heavy atom. The number of hydrogen-bond donors (Lipinski definition) is 14. The van der Waals surface area contributed by atoms with Gasteiger partial charge in [0.15, 0.2) is 18.9 Å². The number of rotatable bonds is 22. The van der Waals surface area contributed by atoms with Gasteiger partial charge in [0.05, 0.1) is 93.6 Å². The smallest absolute Gasteiger partial charge is 0.394 e. The van der Waals surface area contributed by atoms with E-state index in [2.05, 4.69) is 19.9 Å². The fourth-order valence-electron chi connectivity index (χ4n) is 17.0. The number of carbonyl (C=O) groups is 1. The molecule has 8 fully saturated rings. The van der Waals surface area contributed by atoms with Crippen molar-refractivity contribution in [3.05, 3.63) is 11.6 Å². The minimum absolute atomic E-state index is 0.0181. The molecule has 0 aromatic heterocycles. The van der Waals surface area contributed by atoms with Gasteiger partial charge < -0.3 is 114 Å². The zero-order chi connectivity index (χ0) is 66.9. The lowest BCUT2D eigenvalue weighted by atomic mass is 9.47. The monoisotopic (exact) mass is 1330 g/mol. The minimum atomic E-state index is -4.94. The van der Waals surface area contributed by atoms with Crippen LogP contribution in [0.15, 0.2) is 11.6 Å². The summed E-state index contributed by atoms with van der Waals surface area (Å²) in [6.07, 6.45) is -30.7. The Morgan fingerprint density at radius 3 is 1.78 bits per heavy atom. The van der Waals surface area contributed by atoms with Gasteiger partial charge in [-0.3, -0.25) is 9.35 Å². The highest BCUT2D eigenvalue weighted by Crippen LogP contribution is 2.67. The maximum absolute atomic E-state index is 13.7. The highest BCUT2D eigenvalue weighted by atomic mass is 32.3. The summed E-state index contributed by atoms with van der Waals surface area (Å²) in [6.45, 7) is 15.7. The highest BCUT2D eigenvalue weighted by Gasteiger charge is 2.64. The van der Waals surface area contributed by atoms with E-state index in [1.807, 2.05) is 20.8 Å². The Morgan fingerprint density at radius 2 is 1.15 bits per heavy atom. The van der Waals surface area contributed by atoms with E-state index in [1.165, 1.54) is 13.8 Å². The Balaban J connectivity index is 1.04. The van der Waals surface area contributed by atoms with Crippen LogP contribution in [0.3, 0.4) is 0 Å². The van der Waals surface area contributed by atoms with E-state index < -0.39 is 211 Å². The molecule has 0 aromatic carbocycles. The predicted molar refractivity (Wildman–Crippen MR) is 314 cm³/mol. The average molecular weight is 1330 g/mol. The molecule has 5 aliphatic heterocycles. The van der Waals surface area contributed by atoms with Crippen molar-refractivity contribution in [2.24, 2.45) is 58.2 Å². The van der Waals surface area contributed by atoms with Crippen LogP contribution in [0.2, 0.25) is 0 Å². The van der Waals surface area contributed by atoms with Crippen LogP contribution in [0.25, 0.3) is 0 Å². The number of Topliss-reactive ketones (excluding diaryl/α,β-unsaturated/α-hetero) is 1. The van der Waals surface area contributed by atoms with E-state index in [9.17, 15) is 84.1 Å². The fourth-order valence-corrected chi connectivity index (χ4v) is 17.5. The second-order valence-corrected chi connectivity index (χ2v) is 30.1. The van der Waals surface area contributed by atoms with Crippen LogP contribution in [-0.4, -0.2) is 277 Å². The van der Waals surface area contributed by atoms with Gasteiger partial charge in [-0.15, -0.1) is 0 Å². The van der Waals surface area contributed by atoms with E-state index in [-0.39, 0.29) is 74.5 Å². The molecule has 0 aromatic rings. The van der Waals surface area contributed by atoms with Gasteiger partial charge in [0.25, 0.3) is 0 Å². The first-order valence-corrected chi connectivity index (χ1v) is 34.0. The number of aliphatic hydroxyl groups excluding tert-OH is 12. The van der Waals surface area contributed by atoms with Gasteiger partial charge in [-0.2, -0.15) is 8.42 Å². The summed E-state index contributed by atoms with van der Waals surface area (Å²) in [6, 6.07) is 0. The van der Waals surface area contributed by atoms with Gasteiger partial charge in [0.1, 0.15) is 85.1 Å². The topological polar surface area (TPSA) is 436 Å². The number of ketones is 1. The summed E-state index contributed by atoms with van der Waals surface area (Å²) in [5, 5.41) is 145. The Labute approximate surface area is 532 Å². The first-order chi connectivity index (χ1) is 42.5. The molecule has 0 spiro atoms. The van der Waals surface area contributed by atoms with Gasteiger partial charge in [-0.25, -0.2) is 4.18 Å². The van der Waals surface area contributed by atoms with Crippen LogP contribution >= 0.6 is 0 Å². The molecule has 28 nitrogen and oxygen atoms in total. The van der Waals surface area contributed by atoms with Crippen molar-refractivity contribution < 1.29 is 136 Å². The zero-order valence-corrected chi connectivity index (χ0v) is 54.5. The number of allylic oxidation sites excluding steroid dienone is 2. The Hall–Kier alpha value is -1.64. The quantitative estimate of drug-likeness (QED) is 0.0435. The predicted octanol–water partition coefficient (Wildman–Crippen LogP) is -1.46. The standard InChI is InChI=1S/C62H104O28S/c1-25(2)26(3)38(64)19-62(10,76)43-12-11-35-32-18-39(37-17-31(90-91(77,78)79)13-15-60(37,8)36(32)14-16-61(35,43)9)86-58-55(88-59-56(53(74)49(70)40(20-63)87-59)89-57-54(75)52(73)47(68)30(7)84-57)34(45(66)28(5)85-58)22-81-23-41-48(69)33(44(65)27(4)82-41)21-80-24-42-50(71)51(72)46(67)29(6)83-42/h14,25-35,37,39-59,63,65-76H,11-13,15-24H2,1-10H3,(H,77,78,79)/t26?,27-,28-,29-,30-,31+,32?,33+,34+,35?,37?,39?,40-,41+,42+,43-,44+,45+,46+,47-,48-,49-,50+,51-,52-,53-,54-,55-,56-,57+,58?,59+,60-,61+,62?/m1/s1. The van der Waals surface area contributed by atoms with Crippen LogP contribution < -0.4 is 0 Å². The number of carbonyl (C=O) groups excluding carboxylic acids is 1. The van der Waals surface area contributed by atoms with Gasteiger partial charge in [-0.05, 0) is 120 Å². The SMILES string of the molecule is CC(C)C(C)C(=O)CC(C)(O)[C@@H]1CCC2C3CC(OC4O[C@H](C)[C@H](O)[C@H](COC[C@@H]5O[C@H](C)[C@H](O)[C@H](COC[C@@H]6O[C@H](C)[C@H](O)[C@@H](O)[C@H]6O)[C@H]5O)[C@H]4O[C@@H]4O[C@H](CO)[C@@H](O)[C@@H](O)[C@H]4O[C@@H]4O[C@H](C)[C@@H](O)[C@@H](O)[C@H]4O)C4C[C@@H](OS(=O)(=O)O)CC[C@]4(C)C3=CC[C@@]21C. The van der Waals surface area contributed by atoms with Crippen molar-refractivity contribution in [3.8, 4) is 0 Å². The number of aliphatic hydroxyl groups is 13. The average Bonchev–Trinajstić information content (AvgIpc) is 1.69. The Bertz CT molecular complexity index is 2570. The van der Waals surface area contributed by atoms with Crippen LogP contribution in [-0.2, 0) is 66.7 Å². The molecule has 0 radical (unpaired) electrons. The van der Waals surface area contributed by atoms with Crippen LogP contribution in [0.5, 0.6) is 0 Å². The number of hydrogen-bond acceptors (Lipinski definition) is 27. The molecule has 3 saturated carbocycles. The van der Waals surface area contributed by atoms with Crippen LogP contribution in [0, 0.1) is 58.2 Å². The third kappa shape index (κ3) is 15.0. The summed E-state index contributed by atoms with van der Waals surface area (Å²) >= 11 is 0. The molecule has 91 heavy (non-hydrogen) atoms. The lowest BCUT2D eigenvalue weighted by Gasteiger charge is -2.60. The van der Waals surface area contributed by atoms with Gasteiger partial charge in [0, 0.05) is 24.2 Å². The molecule has 0 bridgehead atoms. The van der Waals surface area contributed by atoms with E-state index in [0.29, 0.717) is 32.1 Å². The molecule has 7 unspecified atom stereocenters. The molecule has 4 aliphatic carbocycles. The molecule has 526 valence electrons. The second-order valence-electron chi connectivity index (χ2n) is 29.0. The summed E-state index contributed by atoms with van der Waals surface area (Å²) in [7, 11) is -4.94. The number of fused-ring (bicyclic) bond motifs is 5. The zero-order valence-electron chi connectivity index (χ0n) is 53.7. The van der Waals surface area contributed by atoms with Crippen molar-refractivity contribution in [2.45, 2.75) is 279 Å². The minimum Gasteiger partial charge on any atom is -0.394 e. The molecule has 9 rings (SSSR count). The third-order valence-corrected chi connectivity index (χ3v) is 23.3. The molecule has 9 aliphatic rings. The third-order valence-electron chi connectivity index (χ3n) is 22.8. The molecule has 35 atom stereocenters. The van der Waals surface area contributed by atoms with E-state index >= 15 is 0 Å². The molecular formula is C62H104O28S. The van der Waals surface area contributed by atoms with Crippen molar-refractivity contribution in [1.82, 2.24) is 0 Å². The molecule has 14 N–H and O–H groups in total. The van der Waals surface area contributed by atoms with E-state index in [1.54, 1.807) is 20.8 Å². The normalized spacial score (nSPS) is 49.9. The molecule has 5 saturated heterocycles. The van der Waals surface area contributed by atoms with Crippen LogP contribution in [0.1, 0.15) is 121 Å². The number of ether oxygens (including phenoxy) is 10. The molecule has 29 heteroatoms. The van der Waals surface area contributed by atoms with Crippen molar-refractivity contribution >= 4 is 16.2 Å². The first-order valence-electron chi connectivity index (χ1n) is 32.6. The van der Waals surface area contributed by atoms with Crippen molar-refractivity contribution in [2.75, 3.05) is 33.0 Å². The van der Waals surface area contributed by atoms with Gasteiger partial charge in [-0.1, -0.05) is 46.3 Å². The van der Waals surface area contributed by atoms with Gasteiger partial charge >= 0.3 is 10.4 Å². The second kappa shape index (κ2) is 29.0.